The summed E-state index contributed by atoms with van der Waals surface area (Å²) < 4.78 is 1.15. The molecule has 1 aromatic heterocycles. The van der Waals surface area contributed by atoms with Gasteiger partial charge in [-0.3, -0.25) is 14.4 Å². The van der Waals surface area contributed by atoms with Gasteiger partial charge >= 0.3 is 5.97 Å². The Morgan fingerprint density at radius 2 is 1.83 bits per heavy atom. The number of carbonyl (C=O) groups excluding carboxylic acids is 1. The summed E-state index contributed by atoms with van der Waals surface area (Å²) >= 11 is 0. The molecule has 7 heteroatoms. The monoisotopic (exact) mass is 329 g/mol. The SMILES string of the molecule is Cc1nn(C)c(=O)c(C(=O)Nc2ccc(CCC(=O)O)cc2)c1C. The van der Waals surface area contributed by atoms with E-state index in [0.717, 1.165) is 10.2 Å². The van der Waals surface area contributed by atoms with Crippen LogP contribution in [0.15, 0.2) is 29.1 Å². The van der Waals surface area contributed by atoms with Crippen molar-refractivity contribution in [3.05, 3.63) is 57.0 Å². The second kappa shape index (κ2) is 7.08. The van der Waals surface area contributed by atoms with Crippen LogP contribution in [0.4, 0.5) is 5.69 Å². The average Bonchev–Trinajstić information content (AvgIpc) is 2.52. The Morgan fingerprint density at radius 1 is 1.21 bits per heavy atom. The highest BCUT2D eigenvalue weighted by Crippen LogP contribution is 2.13. The number of carboxylic acids is 1. The highest BCUT2D eigenvalue weighted by Gasteiger charge is 2.18. The Morgan fingerprint density at radius 3 is 2.42 bits per heavy atom. The molecule has 0 saturated carbocycles. The maximum atomic E-state index is 12.4. The molecular formula is C17H19N3O4. The zero-order chi connectivity index (χ0) is 17.9. The predicted molar refractivity (Wildman–Crippen MR) is 89.3 cm³/mol. The summed E-state index contributed by atoms with van der Waals surface area (Å²) in [6.45, 7) is 3.43. The van der Waals surface area contributed by atoms with E-state index in [9.17, 15) is 14.4 Å². The predicted octanol–water partition coefficient (Wildman–Crippen LogP) is 1.67. The molecule has 0 aliphatic carbocycles. The molecule has 0 spiro atoms. The first-order chi connectivity index (χ1) is 11.3. The summed E-state index contributed by atoms with van der Waals surface area (Å²) in [6.07, 6.45) is 0.476. The molecule has 0 radical (unpaired) electrons. The molecule has 126 valence electrons. The summed E-state index contributed by atoms with van der Waals surface area (Å²) in [5.41, 5.74) is 2.19. The van der Waals surface area contributed by atoms with Crippen LogP contribution in [0.25, 0.3) is 0 Å². The zero-order valence-corrected chi connectivity index (χ0v) is 13.8. The molecular weight excluding hydrogens is 310 g/mol. The van der Waals surface area contributed by atoms with E-state index >= 15 is 0 Å². The van der Waals surface area contributed by atoms with Gasteiger partial charge in [0.25, 0.3) is 11.5 Å². The van der Waals surface area contributed by atoms with Gasteiger partial charge < -0.3 is 10.4 Å². The minimum atomic E-state index is -0.855. The number of aryl methyl sites for hydroxylation is 3. The first-order valence-electron chi connectivity index (χ1n) is 7.46. The number of aromatic nitrogens is 2. The van der Waals surface area contributed by atoms with Gasteiger partial charge in [-0.1, -0.05) is 12.1 Å². The zero-order valence-electron chi connectivity index (χ0n) is 13.8. The van der Waals surface area contributed by atoms with Crippen LogP contribution in [0.1, 0.15) is 33.6 Å². The Balaban J connectivity index is 2.19. The number of benzene rings is 1. The van der Waals surface area contributed by atoms with Gasteiger partial charge in [0.15, 0.2) is 0 Å². The number of aliphatic carboxylic acids is 1. The number of nitrogens with one attached hydrogen (secondary N) is 1. The number of amides is 1. The maximum Gasteiger partial charge on any atom is 0.303 e. The van der Waals surface area contributed by atoms with Crippen molar-refractivity contribution in [3.8, 4) is 0 Å². The fourth-order valence-corrected chi connectivity index (χ4v) is 2.32. The van der Waals surface area contributed by atoms with E-state index < -0.39 is 17.4 Å². The van der Waals surface area contributed by atoms with Crippen LogP contribution in [0.5, 0.6) is 0 Å². The second-order valence-electron chi connectivity index (χ2n) is 5.56. The number of carbonyl (C=O) groups is 2. The van der Waals surface area contributed by atoms with E-state index in [1.807, 2.05) is 0 Å². The number of hydrogen-bond acceptors (Lipinski definition) is 4. The van der Waals surface area contributed by atoms with Crippen molar-refractivity contribution in [2.75, 3.05) is 5.32 Å². The topological polar surface area (TPSA) is 101 Å². The third-order valence-corrected chi connectivity index (χ3v) is 3.79. The van der Waals surface area contributed by atoms with Gasteiger partial charge in [0, 0.05) is 19.2 Å². The van der Waals surface area contributed by atoms with Crippen LogP contribution in [0.3, 0.4) is 0 Å². The Bertz CT molecular complexity index is 838. The van der Waals surface area contributed by atoms with Gasteiger partial charge in [-0.25, -0.2) is 4.68 Å². The number of rotatable bonds is 5. The Hall–Kier alpha value is -2.96. The van der Waals surface area contributed by atoms with Crippen LogP contribution in [0.2, 0.25) is 0 Å². The van der Waals surface area contributed by atoms with Gasteiger partial charge in [-0.15, -0.1) is 0 Å². The van der Waals surface area contributed by atoms with E-state index in [1.54, 1.807) is 38.1 Å². The van der Waals surface area contributed by atoms with Crippen molar-refractivity contribution in [3.63, 3.8) is 0 Å². The second-order valence-corrected chi connectivity index (χ2v) is 5.56. The number of anilines is 1. The molecule has 7 nitrogen and oxygen atoms in total. The van der Waals surface area contributed by atoms with Gasteiger partial charge in [0.2, 0.25) is 0 Å². The highest BCUT2D eigenvalue weighted by molar-refractivity contribution is 6.05. The molecule has 0 fully saturated rings. The first-order valence-corrected chi connectivity index (χ1v) is 7.46. The molecule has 0 saturated heterocycles. The van der Waals surface area contributed by atoms with E-state index in [2.05, 4.69) is 10.4 Å². The summed E-state index contributed by atoms with van der Waals surface area (Å²) in [6, 6.07) is 6.87. The van der Waals surface area contributed by atoms with Crippen molar-refractivity contribution in [2.24, 2.45) is 7.05 Å². The standard InChI is InChI=1S/C17H19N3O4/c1-10-11(2)19-20(3)17(24)15(10)16(23)18-13-7-4-12(5-8-13)6-9-14(21)22/h4-5,7-8H,6,9H2,1-3H3,(H,18,23)(H,21,22). The number of carboxylic acid groups (broad SMARTS) is 1. The summed E-state index contributed by atoms with van der Waals surface area (Å²) in [4.78, 5) is 35.2. The molecule has 0 atom stereocenters. The summed E-state index contributed by atoms with van der Waals surface area (Å²) in [5, 5.41) is 15.4. The lowest BCUT2D eigenvalue weighted by Gasteiger charge is -2.10. The normalized spacial score (nSPS) is 10.5. The van der Waals surface area contributed by atoms with Crippen LogP contribution < -0.4 is 10.9 Å². The molecule has 2 rings (SSSR count). The van der Waals surface area contributed by atoms with Gasteiger partial charge in [0.1, 0.15) is 5.56 Å². The lowest BCUT2D eigenvalue weighted by Crippen LogP contribution is -2.31. The molecule has 24 heavy (non-hydrogen) atoms. The molecule has 0 unspecified atom stereocenters. The molecule has 1 heterocycles. The van der Waals surface area contributed by atoms with Crippen molar-refractivity contribution in [2.45, 2.75) is 26.7 Å². The fourth-order valence-electron chi connectivity index (χ4n) is 2.32. The quantitative estimate of drug-likeness (QED) is 0.869. The van der Waals surface area contributed by atoms with E-state index in [4.69, 9.17) is 5.11 Å². The molecule has 0 aliphatic heterocycles. The molecule has 1 amide bonds. The van der Waals surface area contributed by atoms with Crippen LogP contribution in [0, 0.1) is 13.8 Å². The Kier molecular flexibility index (Phi) is 5.13. The van der Waals surface area contributed by atoms with Crippen molar-refractivity contribution >= 4 is 17.6 Å². The third-order valence-electron chi connectivity index (χ3n) is 3.79. The van der Waals surface area contributed by atoms with Crippen molar-refractivity contribution in [1.82, 2.24) is 9.78 Å². The van der Waals surface area contributed by atoms with E-state index in [-0.39, 0.29) is 12.0 Å². The van der Waals surface area contributed by atoms with Crippen molar-refractivity contribution in [1.29, 1.82) is 0 Å². The van der Waals surface area contributed by atoms with E-state index in [0.29, 0.717) is 23.4 Å². The minimum Gasteiger partial charge on any atom is -0.481 e. The Labute approximate surface area is 138 Å². The lowest BCUT2D eigenvalue weighted by atomic mass is 10.1. The lowest BCUT2D eigenvalue weighted by molar-refractivity contribution is -0.136. The smallest absolute Gasteiger partial charge is 0.303 e. The van der Waals surface area contributed by atoms with Gasteiger partial charge in [0.05, 0.1) is 5.69 Å². The van der Waals surface area contributed by atoms with Crippen LogP contribution in [-0.2, 0) is 18.3 Å². The number of hydrogen-bond donors (Lipinski definition) is 2. The molecule has 0 bridgehead atoms. The fraction of sp³-hybridized carbons (Fsp3) is 0.294. The molecule has 2 N–H and O–H groups in total. The van der Waals surface area contributed by atoms with Crippen molar-refractivity contribution < 1.29 is 14.7 Å². The summed E-state index contributed by atoms with van der Waals surface area (Å²) in [5.74, 6) is -1.34. The third kappa shape index (κ3) is 3.87. The largest absolute Gasteiger partial charge is 0.481 e. The molecule has 2 aromatic rings. The van der Waals surface area contributed by atoms with Crippen LogP contribution >= 0.6 is 0 Å². The van der Waals surface area contributed by atoms with Crippen LogP contribution in [-0.4, -0.2) is 26.8 Å². The van der Waals surface area contributed by atoms with Gasteiger partial charge in [-0.05, 0) is 43.5 Å². The molecule has 1 aromatic carbocycles. The van der Waals surface area contributed by atoms with E-state index in [1.165, 1.54) is 7.05 Å². The summed E-state index contributed by atoms with van der Waals surface area (Å²) in [7, 11) is 1.50. The first kappa shape index (κ1) is 17.4. The highest BCUT2D eigenvalue weighted by atomic mass is 16.4. The number of nitrogens with zero attached hydrogens (tertiary/aromatic N) is 2. The average molecular weight is 329 g/mol. The minimum absolute atomic E-state index is 0.0528. The maximum absolute atomic E-state index is 12.4. The molecule has 0 aliphatic rings. The van der Waals surface area contributed by atoms with Gasteiger partial charge in [-0.2, -0.15) is 5.10 Å².